The number of hydrogen-bond acceptors (Lipinski definition) is 8. The van der Waals surface area contributed by atoms with Crippen LogP contribution >= 0.6 is 0 Å². The molecule has 5 rings (SSSR count). The van der Waals surface area contributed by atoms with Crippen LogP contribution in [-0.4, -0.2) is 74.9 Å². The molecule has 3 aromatic rings. The number of nitrogens with one attached hydrogen (secondary N) is 1. The second-order valence-electron chi connectivity index (χ2n) is 10.0. The molecule has 1 saturated carbocycles. The topological polar surface area (TPSA) is 101 Å². The summed E-state index contributed by atoms with van der Waals surface area (Å²) in [6.45, 7) is 5.87. The Morgan fingerprint density at radius 3 is 2.58 bits per heavy atom. The molecule has 1 aliphatic carbocycles. The predicted octanol–water partition coefficient (Wildman–Crippen LogP) is 3.21. The van der Waals surface area contributed by atoms with Crippen molar-refractivity contribution in [3.05, 3.63) is 24.2 Å². The van der Waals surface area contributed by atoms with E-state index >= 15 is 0 Å². The van der Waals surface area contributed by atoms with Crippen molar-refractivity contribution in [2.24, 2.45) is 5.92 Å². The number of hydrogen-bond donors (Lipinski definition) is 1. The number of fused-ring (bicyclic) bond motifs is 1. The molecular formula is C24H30F2N8O2. The first kappa shape index (κ1) is 24.3. The van der Waals surface area contributed by atoms with E-state index in [0.29, 0.717) is 29.1 Å². The first-order valence-electron chi connectivity index (χ1n) is 12.0. The summed E-state index contributed by atoms with van der Waals surface area (Å²) in [7, 11) is 4.11. The molecule has 0 spiro atoms. The number of halogens is 2. The van der Waals surface area contributed by atoms with Gasteiger partial charge in [0, 0.05) is 51.3 Å². The third kappa shape index (κ3) is 4.81. The summed E-state index contributed by atoms with van der Waals surface area (Å²) in [6, 6.07) is 3.53. The number of alkyl halides is 2. The van der Waals surface area contributed by atoms with E-state index < -0.39 is 11.7 Å². The number of aromatic nitrogens is 5. The summed E-state index contributed by atoms with van der Waals surface area (Å²) in [5.41, 5.74) is 0.575. The van der Waals surface area contributed by atoms with Gasteiger partial charge in [0.1, 0.15) is 11.9 Å². The van der Waals surface area contributed by atoms with Gasteiger partial charge >= 0.3 is 5.92 Å². The van der Waals surface area contributed by atoms with Gasteiger partial charge in [0.2, 0.25) is 17.6 Å². The highest BCUT2D eigenvalue weighted by atomic mass is 19.3. The molecular weight excluding hydrogens is 470 g/mol. The van der Waals surface area contributed by atoms with Crippen molar-refractivity contribution in [2.45, 2.75) is 51.7 Å². The van der Waals surface area contributed by atoms with Gasteiger partial charge < -0.3 is 19.9 Å². The van der Waals surface area contributed by atoms with Crippen LogP contribution in [0, 0.1) is 5.92 Å². The number of pyridine rings is 1. The van der Waals surface area contributed by atoms with Gasteiger partial charge in [0.25, 0.3) is 0 Å². The minimum Gasteiger partial charge on any atom is -0.474 e. The van der Waals surface area contributed by atoms with Crippen LogP contribution in [-0.2, 0) is 10.7 Å². The lowest BCUT2D eigenvalue weighted by molar-refractivity contribution is -0.114. The third-order valence-electron chi connectivity index (χ3n) is 6.50. The smallest absolute Gasteiger partial charge is 0.304 e. The van der Waals surface area contributed by atoms with Crippen molar-refractivity contribution in [1.82, 2.24) is 29.6 Å². The van der Waals surface area contributed by atoms with Gasteiger partial charge in [-0.2, -0.15) is 13.8 Å². The fourth-order valence-electron chi connectivity index (χ4n) is 4.58. The monoisotopic (exact) mass is 500 g/mol. The van der Waals surface area contributed by atoms with E-state index in [4.69, 9.17) is 9.84 Å². The number of likely N-dealkylation sites (N-methyl/N-ethyl adjacent to an activating group) is 1. The van der Waals surface area contributed by atoms with Crippen LogP contribution in [0.1, 0.15) is 39.4 Å². The molecule has 0 bridgehead atoms. The number of nitrogens with zero attached hydrogens (tertiary/aromatic N) is 7. The van der Waals surface area contributed by atoms with Crippen molar-refractivity contribution in [3.63, 3.8) is 0 Å². The summed E-state index contributed by atoms with van der Waals surface area (Å²) in [5, 5.41) is 8.23. The van der Waals surface area contributed by atoms with E-state index in [9.17, 15) is 13.6 Å². The van der Waals surface area contributed by atoms with Crippen LogP contribution in [0.25, 0.3) is 16.7 Å². The molecule has 0 radical (unpaired) electrons. The van der Waals surface area contributed by atoms with Crippen molar-refractivity contribution in [3.8, 4) is 11.7 Å². The van der Waals surface area contributed by atoms with Crippen LogP contribution in [0.2, 0.25) is 0 Å². The quantitative estimate of drug-likeness (QED) is 0.528. The highest BCUT2D eigenvalue weighted by Crippen LogP contribution is 2.35. The Morgan fingerprint density at radius 1 is 1.22 bits per heavy atom. The Hall–Kier alpha value is -3.41. The first-order chi connectivity index (χ1) is 17.0. The van der Waals surface area contributed by atoms with Crippen molar-refractivity contribution in [1.29, 1.82) is 0 Å². The fourth-order valence-corrected chi connectivity index (χ4v) is 4.58. The Bertz CT molecular complexity index is 1300. The third-order valence-corrected chi connectivity index (χ3v) is 6.50. The van der Waals surface area contributed by atoms with E-state index in [2.05, 4.69) is 51.1 Å². The van der Waals surface area contributed by atoms with E-state index in [1.165, 1.54) is 17.7 Å². The molecule has 1 saturated heterocycles. The van der Waals surface area contributed by atoms with E-state index in [1.54, 1.807) is 12.3 Å². The van der Waals surface area contributed by atoms with Gasteiger partial charge in [-0.15, -0.1) is 5.10 Å². The molecule has 3 aromatic heterocycles. The Morgan fingerprint density at radius 2 is 1.97 bits per heavy atom. The second kappa shape index (κ2) is 8.91. The van der Waals surface area contributed by atoms with Crippen molar-refractivity contribution < 1.29 is 18.3 Å². The number of carbonyl (C=O) groups excluding carboxylic acids is 1. The predicted molar refractivity (Wildman–Crippen MR) is 131 cm³/mol. The van der Waals surface area contributed by atoms with Crippen LogP contribution in [0.15, 0.2) is 18.3 Å². The summed E-state index contributed by atoms with van der Waals surface area (Å²) < 4.78 is 35.9. The Labute approximate surface area is 207 Å². The maximum absolute atomic E-state index is 14.3. The lowest BCUT2D eigenvalue weighted by Gasteiger charge is -2.22. The summed E-state index contributed by atoms with van der Waals surface area (Å²) >= 11 is 0. The molecule has 1 aliphatic heterocycles. The molecule has 2 atom stereocenters. The van der Waals surface area contributed by atoms with E-state index in [-0.39, 0.29) is 23.7 Å². The number of carbonyl (C=O) groups is 1. The molecule has 2 fully saturated rings. The maximum atomic E-state index is 14.3. The fraction of sp³-hybridized carbons (Fsp3) is 0.542. The van der Waals surface area contributed by atoms with Gasteiger partial charge in [-0.3, -0.25) is 4.79 Å². The molecule has 1 amide bonds. The highest BCUT2D eigenvalue weighted by Gasteiger charge is 2.35. The number of anilines is 2. The molecule has 10 nitrogen and oxygen atoms in total. The van der Waals surface area contributed by atoms with Crippen LogP contribution in [0.3, 0.4) is 0 Å². The summed E-state index contributed by atoms with van der Waals surface area (Å²) in [5.74, 6) is -2.54. The van der Waals surface area contributed by atoms with E-state index in [0.717, 1.165) is 38.2 Å². The Kier molecular flexibility index (Phi) is 6.01. The van der Waals surface area contributed by atoms with Gasteiger partial charge in [-0.05, 0) is 32.9 Å². The average Bonchev–Trinajstić information content (AvgIpc) is 3.39. The standard InChI is InChI=1S/C24H30F2N8O2/c1-13-11-33(12-18(13)32(4)5)22-16-10-27-19(28-14(2)35)8-17(16)34(31-22)20-9-21(36-15-6-7-15)30-23(29-20)24(3,25)26/h8-10,13,15,18H,6-7,11-12H2,1-5H3,(H,27,28,35)/t13-,18-/m1/s1. The van der Waals surface area contributed by atoms with E-state index in [1.807, 2.05) is 0 Å². The number of rotatable bonds is 7. The normalized spacial score (nSPS) is 20.4. The SMILES string of the molecule is CC(=O)Nc1cc2c(cn1)c(N1C[C@@H](C)[C@H](N(C)C)C1)nn2-c1cc(OC2CC2)nc(C(C)(F)F)n1. The van der Waals surface area contributed by atoms with Crippen LogP contribution in [0.4, 0.5) is 20.4 Å². The zero-order valence-corrected chi connectivity index (χ0v) is 21.0. The zero-order valence-electron chi connectivity index (χ0n) is 21.0. The maximum Gasteiger partial charge on any atom is 0.304 e. The first-order valence-corrected chi connectivity index (χ1v) is 12.0. The Balaban J connectivity index is 1.66. The largest absolute Gasteiger partial charge is 0.474 e. The van der Waals surface area contributed by atoms with Gasteiger partial charge in [0.05, 0.1) is 10.9 Å². The molecule has 2 aliphatic rings. The highest BCUT2D eigenvalue weighted by molar-refractivity contribution is 5.95. The lowest BCUT2D eigenvalue weighted by Crippen LogP contribution is -2.34. The average molecular weight is 501 g/mol. The van der Waals surface area contributed by atoms with Crippen molar-refractivity contribution >= 4 is 28.4 Å². The van der Waals surface area contributed by atoms with Gasteiger partial charge in [0.15, 0.2) is 11.6 Å². The molecule has 12 heteroatoms. The lowest BCUT2D eigenvalue weighted by atomic mass is 10.1. The summed E-state index contributed by atoms with van der Waals surface area (Å²) in [4.78, 5) is 28.5. The molecule has 0 aromatic carbocycles. The molecule has 192 valence electrons. The molecule has 1 N–H and O–H groups in total. The second-order valence-corrected chi connectivity index (χ2v) is 10.0. The molecule has 0 unspecified atom stereocenters. The number of ether oxygens (including phenoxy) is 1. The van der Waals surface area contributed by atoms with Gasteiger partial charge in [-0.1, -0.05) is 6.92 Å². The minimum absolute atomic E-state index is 0.0272. The molecule has 4 heterocycles. The minimum atomic E-state index is -3.27. The van der Waals surface area contributed by atoms with Crippen LogP contribution < -0.4 is 15.0 Å². The number of amides is 1. The molecule has 36 heavy (non-hydrogen) atoms. The van der Waals surface area contributed by atoms with Crippen LogP contribution in [0.5, 0.6) is 5.88 Å². The summed E-state index contributed by atoms with van der Waals surface area (Å²) in [6.07, 6.45) is 3.34. The van der Waals surface area contributed by atoms with Crippen molar-refractivity contribution in [2.75, 3.05) is 37.4 Å². The zero-order chi connectivity index (χ0) is 25.8. The van der Waals surface area contributed by atoms with Gasteiger partial charge in [-0.25, -0.2) is 14.6 Å².